The number of nitrogens with one attached hydrogen (secondary N) is 1. The minimum Gasteiger partial charge on any atom is -0.368 e. The quantitative estimate of drug-likeness (QED) is 0.885. The van der Waals surface area contributed by atoms with Gasteiger partial charge < -0.3 is 10.2 Å². The van der Waals surface area contributed by atoms with E-state index in [4.69, 9.17) is 0 Å². The van der Waals surface area contributed by atoms with Crippen LogP contribution in [0.1, 0.15) is 49.7 Å². The lowest BCUT2D eigenvalue weighted by Gasteiger charge is -2.34. The molecule has 2 nitrogen and oxygen atoms in total. The molecule has 1 aromatic carbocycles. The Morgan fingerprint density at radius 1 is 1.05 bits per heavy atom. The third-order valence-electron chi connectivity index (χ3n) is 5.67. The van der Waals surface area contributed by atoms with Crippen LogP contribution < -0.4 is 10.2 Å². The van der Waals surface area contributed by atoms with Gasteiger partial charge in [-0.1, -0.05) is 25.0 Å². The molecule has 0 aromatic heterocycles. The highest BCUT2D eigenvalue weighted by atomic mass is 15.2. The van der Waals surface area contributed by atoms with Crippen LogP contribution in [0.2, 0.25) is 0 Å². The SMILES string of the molecule is c1cc2c(c(N3CCCC3C3CCCC3)c1)CNCC2. The van der Waals surface area contributed by atoms with Gasteiger partial charge >= 0.3 is 0 Å². The molecular formula is C18H26N2. The number of hydrogen-bond donors (Lipinski definition) is 1. The van der Waals surface area contributed by atoms with Crippen LogP contribution in [0, 0.1) is 5.92 Å². The number of benzene rings is 1. The summed E-state index contributed by atoms with van der Waals surface area (Å²) in [6.45, 7) is 3.49. The van der Waals surface area contributed by atoms with E-state index in [-0.39, 0.29) is 0 Å². The predicted molar refractivity (Wildman–Crippen MR) is 84.2 cm³/mol. The lowest BCUT2D eigenvalue weighted by Crippen LogP contribution is -2.36. The molecule has 2 aliphatic heterocycles. The molecule has 1 aliphatic carbocycles. The first-order valence-electron chi connectivity index (χ1n) is 8.51. The van der Waals surface area contributed by atoms with Crippen LogP contribution in [0.15, 0.2) is 18.2 Å². The van der Waals surface area contributed by atoms with Gasteiger partial charge in [0.1, 0.15) is 0 Å². The van der Waals surface area contributed by atoms with Crippen molar-refractivity contribution >= 4 is 5.69 Å². The van der Waals surface area contributed by atoms with Crippen LogP contribution in [-0.4, -0.2) is 19.1 Å². The molecule has 2 fully saturated rings. The molecule has 1 N–H and O–H groups in total. The van der Waals surface area contributed by atoms with E-state index in [1.807, 2.05) is 0 Å². The third-order valence-corrected chi connectivity index (χ3v) is 5.67. The molecule has 1 unspecified atom stereocenters. The Bertz CT molecular complexity index is 476. The number of nitrogens with zero attached hydrogens (tertiary/aromatic N) is 1. The first-order chi connectivity index (χ1) is 9.93. The number of hydrogen-bond acceptors (Lipinski definition) is 2. The van der Waals surface area contributed by atoms with Gasteiger partial charge in [0.25, 0.3) is 0 Å². The predicted octanol–water partition coefficient (Wildman–Crippen LogP) is 3.49. The van der Waals surface area contributed by atoms with Gasteiger partial charge in [-0.3, -0.25) is 0 Å². The maximum atomic E-state index is 3.56. The fraction of sp³-hybridized carbons (Fsp3) is 0.667. The van der Waals surface area contributed by atoms with Gasteiger partial charge in [0.2, 0.25) is 0 Å². The molecule has 1 aromatic rings. The van der Waals surface area contributed by atoms with Gasteiger partial charge in [-0.15, -0.1) is 0 Å². The second kappa shape index (κ2) is 5.40. The fourth-order valence-electron chi connectivity index (χ4n) is 4.69. The highest BCUT2D eigenvalue weighted by Crippen LogP contribution is 2.39. The Morgan fingerprint density at radius 3 is 2.85 bits per heavy atom. The largest absolute Gasteiger partial charge is 0.368 e. The van der Waals surface area contributed by atoms with Crippen molar-refractivity contribution in [2.75, 3.05) is 18.0 Å². The van der Waals surface area contributed by atoms with Crippen molar-refractivity contribution in [2.45, 2.75) is 57.5 Å². The minimum atomic E-state index is 0.825. The lowest BCUT2D eigenvalue weighted by atomic mass is 9.93. The molecule has 0 amide bonds. The topological polar surface area (TPSA) is 15.3 Å². The molecule has 108 valence electrons. The van der Waals surface area contributed by atoms with Gasteiger partial charge in [0.15, 0.2) is 0 Å². The Hall–Kier alpha value is -1.02. The average Bonchev–Trinajstić information content (AvgIpc) is 3.17. The van der Waals surface area contributed by atoms with E-state index < -0.39 is 0 Å². The van der Waals surface area contributed by atoms with Gasteiger partial charge in [0, 0.05) is 24.8 Å². The summed E-state index contributed by atoms with van der Waals surface area (Å²) in [7, 11) is 0. The first kappa shape index (κ1) is 12.7. The highest BCUT2D eigenvalue weighted by molar-refractivity contribution is 5.59. The fourth-order valence-corrected chi connectivity index (χ4v) is 4.69. The van der Waals surface area contributed by atoms with Crippen LogP contribution in [-0.2, 0) is 13.0 Å². The second-order valence-corrected chi connectivity index (χ2v) is 6.79. The Labute approximate surface area is 122 Å². The minimum absolute atomic E-state index is 0.825. The smallest absolute Gasteiger partial charge is 0.0417 e. The Kier molecular flexibility index (Phi) is 3.43. The molecule has 1 saturated heterocycles. The zero-order chi connectivity index (χ0) is 13.4. The van der Waals surface area contributed by atoms with Crippen molar-refractivity contribution in [1.82, 2.24) is 5.32 Å². The number of anilines is 1. The first-order valence-corrected chi connectivity index (χ1v) is 8.51. The highest BCUT2D eigenvalue weighted by Gasteiger charge is 2.34. The zero-order valence-electron chi connectivity index (χ0n) is 12.4. The second-order valence-electron chi connectivity index (χ2n) is 6.79. The molecule has 2 heteroatoms. The monoisotopic (exact) mass is 270 g/mol. The lowest BCUT2D eigenvalue weighted by molar-refractivity contribution is 0.430. The van der Waals surface area contributed by atoms with E-state index >= 15 is 0 Å². The van der Waals surface area contributed by atoms with Crippen molar-refractivity contribution in [3.8, 4) is 0 Å². The molecule has 1 atom stereocenters. The Morgan fingerprint density at radius 2 is 1.95 bits per heavy atom. The van der Waals surface area contributed by atoms with Crippen molar-refractivity contribution in [3.05, 3.63) is 29.3 Å². The van der Waals surface area contributed by atoms with Crippen molar-refractivity contribution in [1.29, 1.82) is 0 Å². The van der Waals surface area contributed by atoms with E-state index in [1.165, 1.54) is 51.5 Å². The van der Waals surface area contributed by atoms with E-state index in [0.29, 0.717) is 0 Å². The Balaban J connectivity index is 1.65. The van der Waals surface area contributed by atoms with E-state index in [9.17, 15) is 0 Å². The van der Waals surface area contributed by atoms with Crippen LogP contribution in [0.25, 0.3) is 0 Å². The van der Waals surface area contributed by atoms with Crippen LogP contribution in [0.4, 0.5) is 5.69 Å². The van der Waals surface area contributed by atoms with Gasteiger partial charge in [-0.05, 0) is 61.8 Å². The van der Waals surface area contributed by atoms with Gasteiger partial charge in [-0.2, -0.15) is 0 Å². The normalized spacial score (nSPS) is 27.0. The number of fused-ring (bicyclic) bond motifs is 1. The number of rotatable bonds is 2. The van der Waals surface area contributed by atoms with E-state index in [0.717, 1.165) is 25.0 Å². The summed E-state index contributed by atoms with van der Waals surface area (Å²) >= 11 is 0. The molecule has 2 heterocycles. The summed E-state index contributed by atoms with van der Waals surface area (Å²) in [5.41, 5.74) is 4.71. The zero-order valence-corrected chi connectivity index (χ0v) is 12.4. The standard InChI is InChI=1S/C18H26N2/c1-2-6-15(5-1)17-9-4-12-20(17)18-8-3-7-14-10-11-19-13-16(14)18/h3,7-8,15,17,19H,1-2,4-6,9-13H2. The maximum absolute atomic E-state index is 3.56. The summed E-state index contributed by atoms with van der Waals surface area (Å²) in [6.07, 6.45) is 9.86. The summed E-state index contributed by atoms with van der Waals surface area (Å²) in [6, 6.07) is 7.81. The van der Waals surface area contributed by atoms with Crippen LogP contribution in [0.3, 0.4) is 0 Å². The maximum Gasteiger partial charge on any atom is 0.0417 e. The van der Waals surface area contributed by atoms with Crippen molar-refractivity contribution in [2.24, 2.45) is 5.92 Å². The summed E-state index contributed by atoms with van der Waals surface area (Å²) < 4.78 is 0. The van der Waals surface area contributed by atoms with Crippen LogP contribution in [0.5, 0.6) is 0 Å². The molecular weight excluding hydrogens is 244 g/mol. The average molecular weight is 270 g/mol. The molecule has 1 saturated carbocycles. The molecule has 4 rings (SSSR count). The molecule has 3 aliphatic rings. The molecule has 0 bridgehead atoms. The van der Waals surface area contributed by atoms with Crippen molar-refractivity contribution < 1.29 is 0 Å². The van der Waals surface area contributed by atoms with Gasteiger partial charge in [-0.25, -0.2) is 0 Å². The third kappa shape index (κ3) is 2.14. The molecule has 20 heavy (non-hydrogen) atoms. The summed E-state index contributed by atoms with van der Waals surface area (Å²) in [5.74, 6) is 0.963. The van der Waals surface area contributed by atoms with Gasteiger partial charge in [0.05, 0.1) is 0 Å². The van der Waals surface area contributed by atoms with Crippen LogP contribution >= 0.6 is 0 Å². The van der Waals surface area contributed by atoms with E-state index in [1.54, 1.807) is 16.8 Å². The molecule has 0 radical (unpaired) electrons. The van der Waals surface area contributed by atoms with E-state index in [2.05, 4.69) is 28.4 Å². The molecule has 0 spiro atoms. The summed E-state index contributed by atoms with van der Waals surface area (Å²) in [5, 5.41) is 3.56. The van der Waals surface area contributed by atoms with Crippen molar-refractivity contribution in [3.63, 3.8) is 0 Å². The summed E-state index contributed by atoms with van der Waals surface area (Å²) in [4.78, 5) is 2.77.